The van der Waals surface area contributed by atoms with Gasteiger partial charge in [-0.05, 0) is 0 Å². The van der Waals surface area contributed by atoms with E-state index in [1.165, 1.54) is 0 Å². The zero-order valence-electron chi connectivity index (χ0n) is 44.5. The topological polar surface area (TPSA) is 653 Å². The van der Waals surface area contributed by atoms with Crippen LogP contribution < -0.4 is 11.5 Å². The summed E-state index contributed by atoms with van der Waals surface area (Å²) in [5.74, 6) is 0. The molecule has 1 unspecified atom stereocenters. The lowest BCUT2D eigenvalue weighted by molar-refractivity contribution is -0.417. The molecule has 41 heteroatoms. The molecule has 0 spiro atoms. The van der Waals surface area contributed by atoms with E-state index < -0.39 is 276 Å². The van der Waals surface area contributed by atoms with E-state index in [0.29, 0.717) is 0 Å². The summed E-state index contributed by atoms with van der Waals surface area (Å²) in [7, 11) is -5.06. The zero-order valence-corrected chi connectivity index (χ0v) is 45.4. The van der Waals surface area contributed by atoms with Crippen LogP contribution in [0.25, 0.3) is 0 Å². The fourth-order valence-electron chi connectivity index (χ4n) is 10.2. The molecule has 7 aliphatic heterocycles. The van der Waals surface area contributed by atoms with Gasteiger partial charge in [0.15, 0.2) is 44.0 Å². The van der Waals surface area contributed by atoms with Crippen LogP contribution in [-0.4, -0.2) is 386 Å². The maximum Gasteiger partial charge on any atom is 0.472 e. The average molecular weight is 1280 g/mol. The molecule has 26 N–H and O–H groups in total. The van der Waals surface area contributed by atoms with Gasteiger partial charge in [-0.15, -0.1) is 0 Å². The predicted octanol–water partition coefficient (Wildman–Crippen LogP) is -16.2. The summed E-state index contributed by atoms with van der Waals surface area (Å²) in [5.41, 5.74) is 11.2. The molecule has 85 heavy (non-hydrogen) atoms. The van der Waals surface area contributed by atoms with Crippen LogP contribution in [0.5, 0.6) is 0 Å². The van der Waals surface area contributed by atoms with Gasteiger partial charge in [-0.3, -0.25) is 9.05 Å². The molecule has 7 heterocycles. The third-order valence-electron chi connectivity index (χ3n) is 15.2. The first-order valence-corrected chi connectivity index (χ1v) is 28.1. The van der Waals surface area contributed by atoms with Crippen LogP contribution in [-0.2, 0) is 75.2 Å². The van der Waals surface area contributed by atoms with Crippen molar-refractivity contribution in [2.24, 2.45) is 11.5 Å². The van der Waals surface area contributed by atoms with Crippen LogP contribution >= 0.6 is 7.82 Å². The Hall–Kier alpha value is -1.33. The summed E-state index contributed by atoms with van der Waals surface area (Å²) < 4.78 is 97.6. The molecular weight excluding hydrogens is 1200 g/mol. The Labute approximate surface area is 480 Å². The van der Waals surface area contributed by atoms with E-state index >= 15 is 0 Å². The van der Waals surface area contributed by atoms with Crippen molar-refractivity contribution in [1.82, 2.24) is 0 Å². The number of aliphatic hydroxyl groups excluding tert-OH is 21. The Morgan fingerprint density at radius 1 is 0.341 bits per heavy atom. The van der Waals surface area contributed by atoms with Gasteiger partial charge in [-0.25, -0.2) is 4.57 Å². The Balaban J connectivity index is 1.23. The van der Waals surface area contributed by atoms with Crippen molar-refractivity contribution in [2.45, 2.75) is 215 Å². The smallest absolute Gasteiger partial charge is 0.394 e. The minimum atomic E-state index is -5.06. The normalized spacial score (nSPS) is 50.8. The van der Waals surface area contributed by atoms with Crippen LogP contribution in [0.4, 0.5) is 0 Å². The minimum Gasteiger partial charge on any atom is -0.394 e. The van der Waals surface area contributed by atoms with Gasteiger partial charge in [0.05, 0.1) is 58.9 Å². The van der Waals surface area contributed by atoms with Crippen molar-refractivity contribution in [3.63, 3.8) is 0 Å². The highest BCUT2D eigenvalue weighted by molar-refractivity contribution is 7.47. The van der Waals surface area contributed by atoms with E-state index in [4.69, 9.17) is 82.1 Å². The van der Waals surface area contributed by atoms with Gasteiger partial charge in [0.1, 0.15) is 165 Å². The summed E-state index contributed by atoms with van der Waals surface area (Å²) in [6.07, 6.45) is -71.0. The molecule has 0 saturated carbocycles. The molecule has 7 aliphatic rings. The number of phosphoric acid groups is 1. The first kappa shape index (κ1) is 71.1. The molecule has 7 fully saturated rings. The lowest BCUT2D eigenvalue weighted by Gasteiger charge is -2.51. The van der Waals surface area contributed by atoms with Crippen LogP contribution in [0.2, 0.25) is 0 Å². The third kappa shape index (κ3) is 15.8. The second kappa shape index (κ2) is 30.9. The number of hydrogen-bond acceptors (Lipinski definition) is 39. The van der Waals surface area contributed by atoms with Gasteiger partial charge in [-0.2, -0.15) is 0 Å². The summed E-state index contributed by atoms with van der Waals surface area (Å²) in [6.45, 7) is -8.20. The van der Waals surface area contributed by atoms with E-state index in [2.05, 4.69) is 0 Å². The maximum absolute atomic E-state index is 12.8. The average Bonchev–Trinajstić information content (AvgIpc) is 3.68. The van der Waals surface area contributed by atoms with Crippen molar-refractivity contribution in [2.75, 3.05) is 59.4 Å². The second-order valence-electron chi connectivity index (χ2n) is 20.9. The molecule has 0 amide bonds. The molecule has 36 atom stereocenters. The van der Waals surface area contributed by atoms with Crippen molar-refractivity contribution >= 4 is 7.82 Å². The standard InChI is InChI=1S/C44H79N2O38P/c45-1-2-71-85(68,69)72-9-16-22(56)29(63)36(83-44-37(84-40-31(65)26(60)19(53)11(4-48)75-40)34(23(57)13(6-50)77-44)81-39-30(64)25(59)18(52)10(3-47)74-39)43(79-16)82-35-28(62)20(54)12(5-49)76-42(35)70-8-15-21(55)27(61)32(66)41(78-15)80-33-14(7-51)73-38(67)17(46)24(33)58/h10-44,47-67H,1-9,45-46H2,(H,68,69)/t10-,11-,12-,13-,14-,15-,16-,17-,18-,19-,20-,21-,22-,23-,24-,25+,26+,27+,28+,29+,30+,31+,32+,33-,34+,35+,36+,37+,38+,39-,40-,41-,42+,43-,44-/m1/s1. The maximum atomic E-state index is 12.8. The Bertz CT molecular complexity index is 2070. The molecule has 0 aromatic heterocycles. The highest BCUT2D eigenvalue weighted by Gasteiger charge is 2.59. The van der Waals surface area contributed by atoms with E-state index in [0.717, 1.165) is 0 Å². The van der Waals surface area contributed by atoms with Crippen LogP contribution in [0, 0.1) is 0 Å². The van der Waals surface area contributed by atoms with E-state index in [1.807, 2.05) is 0 Å². The lowest BCUT2D eigenvalue weighted by Crippen LogP contribution is -2.69. The fourth-order valence-corrected chi connectivity index (χ4v) is 11.0. The van der Waals surface area contributed by atoms with Gasteiger partial charge < -0.3 is 185 Å². The van der Waals surface area contributed by atoms with Crippen LogP contribution in [0.1, 0.15) is 0 Å². The van der Waals surface area contributed by atoms with E-state index in [1.54, 1.807) is 0 Å². The van der Waals surface area contributed by atoms with Crippen molar-refractivity contribution in [3.8, 4) is 0 Å². The third-order valence-corrected chi connectivity index (χ3v) is 16.2. The summed E-state index contributed by atoms with van der Waals surface area (Å²) in [4.78, 5) is 10.3. The van der Waals surface area contributed by atoms with Crippen molar-refractivity contribution in [3.05, 3.63) is 0 Å². The van der Waals surface area contributed by atoms with Crippen LogP contribution in [0.15, 0.2) is 0 Å². The quantitative estimate of drug-likeness (QED) is 0.0399. The number of aliphatic hydroxyl groups is 21. The zero-order chi connectivity index (χ0) is 62.7. The van der Waals surface area contributed by atoms with Gasteiger partial charge in [0.2, 0.25) is 0 Å². The minimum absolute atomic E-state index is 0.288. The van der Waals surface area contributed by atoms with E-state index in [9.17, 15) is 117 Å². The Morgan fingerprint density at radius 3 is 1.19 bits per heavy atom. The molecule has 0 aromatic carbocycles. The highest BCUT2D eigenvalue weighted by Crippen LogP contribution is 2.44. The number of rotatable bonds is 24. The Kier molecular flexibility index (Phi) is 25.8. The molecule has 0 aliphatic carbocycles. The number of phosphoric ester groups is 1. The first-order chi connectivity index (χ1) is 40.2. The summed E-state index contributed by atoms with van der Waals surface area (Å²) in [5, 5.41) is 227. The number of nitrogens with two attached hydrogens (primary N) is 2. The molecule has 0 aromatic rings. The molecule has 40 nitrogen and oxygen atoms in total. The van der Waals surface area contributed by atoms with Gasteiger partial charge in [-0.1, -0.05) is 0 Å². The largest absolute Gasteiger partial charge is 0.472 e. The summed E-state index contributed by atoms with van der Waals surface area (Å²) in [6, 6.07) is -1.54. The van der Waals surface area contributed by atoms with Crippen LogP contribution in [0.3, 0.4) is 0 Å². The van der Waals surface area contributed by atoms with Crippen molar-refractivity contribution in [1.29, 1.82) is 0 Å². The molecule has 7 rings (SSSR count). The molecule has 0 bridgehead atoms. The van der Waals surface area contributed by atoms with Gasteiger partial charge in [0.25, 0.3) is 0 Å². The van der Waals surface area contributed by atoms with E-state index in [-0.39, 0.29) is 6.54 Å². The Morgan fingerprint density at radius 2 is 0.694 bits per heavy atom. The first-order valence-electron chi connectivity index (χ1n) is 26.7. The monoisotopic (exact) mass is 1270 g/mol. The van der Waals surface area contributed by atoms with Crippen molar-refractivity contribution < 1.29 is 187 Å². The molecular formula is C44H79N2O38P. The molecule has 498 valence electrons. The van der Waals surface area contributed by atoms with Gasteiger partial charge in [0, 0.05) is 6.54 Å². The second-order valence-corrected chi connectivity index (χ2v) is 22.3. The summed E-state index contributed by atoms with van der Waals surface area (Å²) >= 11 is 0. The predicted molar refractivity (Wildman–Crippen MR) is 257 cm³/mol. The number of ether oxygens (including phenoxy) is 13. The molecule has 7 saturated heterocycles. The van der Waals surface area contributed by atoms with Gasteiger partial charge >= 0.3 is 7.82 Å². The lowest BCUT2D eigenvalue weighted by atomic mass is 9.95. The molecule has 0 radical (unpaired) electrons. The fraction of sp³-hybridized carbons (Fsp3) is 1.00. The highest BCUT2D eigenvalue weighted by atomic mass is 31.2. The number of hydrogen-bond donors (Lipinski definition) is 24. The SMILES string of the molecule is NCCOP(=O)(O)OC[C@H]1O[C@H](O[C@@H]2[C@@H](OC[C@H]3O[C@H](O[C@H]4[C@H](O)[C@@H](N)[C@@H](O)O[C@@H]4CO)[C@@H](O)[C@@H](O)[C@@H]3O)O[C@H](CO)[C@@H](O)[C@@H]2O)[C@@H](O[C@H]2O[C@H](CO)[C@@H](O)[C@H](O[C@H]3O[C@H](CO)[C@@H](O)[C@H](O)[C@@H]3O)[C@@H]2O[C@H]2O[C@H](CO)[C@@H](O)[C@H](O)[C@@H]2O)[C@@H](O)[C@@H]1O.